The lowest BCUT2D eigenvalue weighted by molar-refractivity contribution is 0.614. The average Bonchev–Trinajstić information content (AvgIpc) is 2.75. The van der Waals surface area contributed by atoms with Crippen molar-refractivity contribution in [1.29, 1.82) is 0 Å². The molecule has 1 aliphatic carbocycles. The molecule has 4 N–H and O–H groups in total. The van der Waals surface area contributed by atoms with Crippen LogP contribution in [0.4, 0.5) is 0 Å². The Bertz CT molecular complexity index is 251. The van der Waals surface area contributed by atoms with E-state index in [0.29, 0.717) is 24.3 Å². The van der Waals surface area contributed by atoms with Crippen molar-refractivity contribution in [3.63, 3.8) is 0 Å². The Morgan fingerprint density at radius 2 is 2.19 bits per heavy atom. The van der Waals surface area contributed by atoms with Crippen molar-refractivity contribution in [3.8, 4) is 0 Å². The van der Waals surface area contributed by atoms with E-state index >= 15 is 0 Å². The zero-order valence-corrected chi connectivity index (χ0v) is 10.7. The molecule has 0 aromatic heterocycles. The van der Waals surface area contributed by atoms with Gasteiger partial charge in [-0.05, 0) is 19.3 Å². The number of hydrogen-bond donors (Lipinski definition) is 3. The van der Waals surface area contributed by atoms with E-state index in [2.05, 4.69) is 15.7 Å². The lowest BCUT2D eigenvalue weighted by Gasteiger charge is -2.14. The van der Waals surface area contributed by atoms with E-state index in [-0.39, 0.29) is 0 Å². The number of guanidine groups is 1. The van der Waals surface area contributed by atoms with Gasteiger partial charge < -0.3 is 5.32 Å². The predicted octanol–water partition coefficient (Wildman–Crippen LogP) is 0.107. The van der Waals surface area contributed by atoms with E-state index in [0.717, 1.165) is 6.42 Å². The standard InChI is InChI=1S/C10H22N4OS/c1-16(15)8-4-7-12-10(14-11)13-9-5-2-3-6-9/h9H,2-8,11H2,1H3,(H2,12,13,14). The molecule has 0 aliphatic heterocycles. The minimum absolute atomic E-state index is 0.509. The van der Waals surface area contributed by atoms with Crippen LogP contribution < -0.4 is 16.6 Å². The number of rotatable bonds is 5. The quantitative estimate of drug-likeness (QED) is 0.211. The fraction of sp³-hybridized carbons (Fsp3) is 0.900. The van der Waals surface area contributed by atoms with Crippen LogP contribution in [-0.4, -0.2) is 34.8 Å². The molecule has 1 atom stereocenters. The van der Waals surface area contributed by atoms with Crippen molar-refractivity contribution in [1.82, 2.24) is 10.7 Å². The lowest BCUT2D eigenvalue weighted by atomic mass is 10.2. The van der Waals surface area contributed by atoms with Crippen molar-refractivity contribution in [2.75, 3.05) is 18.6 Å². The molecular formula is C10H22N4OS. The first kappa shape index (κ1) is 13.4. The molecule has 0 amide bonds. The van der Waals surface area contributed by atoms with Crippen LogP contribution in [0.3, 0.4) is 0 Å². The predicted molar refractivity (Wildman–Crippen MR) is 68.6 cm³/mol. The van der Waals surface area contributed by atoms with E-state index in [1.807, 2.05) is 0 Å². The maximum absolute atomic E-state index is 10.8. The summed E-state index contributed by atoms with van der Waals surface area (Å²) in [4.78, 5) is 4.31. The summed E-state index contributed by atoms with van der Waals surface area (Å²) >= 11 is 0. The van der Waals surface area contributed by atoms with Crippen molar-refractivity contribution in [3.05, 3.63) is 0 Å². The summed E-state index contributed by atoms with van der Waals surface area (Å²) in [5.41, 5.74) is 2.58. The molecule has 1 unspecified atom stereocenters. The SMILES string of the molecule is CS(=O)CCCN=C(NN)NC1CCCC1. The van der Waals surface area contributed by atoms with E-state index in [1.54, 1.807) is 6.26 Å². The molecule has 0 heterocycles. The summed E-state index contributed by atoms with van der Waals surface area (Å²) in [6, 6.07) is 0.509. The average molecular weight is 246 g/mol. The molecule has 1 rings (SSSR count). The Labute approximate surface area is 99.7 Å². The normalized spacial score (nSPS) is 19.8. The zero-order chi connectivity index (χ0) is 11.8. The zero-order valence-electron chi connectivity index (χ0n) is 9.87. The van der Waals surface area contributed by atoms with Crippen molar-refractivity contribution < 1.29 is 4.21 Å². The highest BCUT2D eigenvalue weighted by molar-refractivity contribution is 7.84. The number of nitrogens with two attached hydrogens (primary N) is 1. The van der Waals surface area contributed by atoms with Crippen LogP contribution in [0.5, 0.6) is 0 Å². The third-order valence-electron chi connectivity index (χ3n) is 2.69. The van der Waals surface area contributed by atoms with Gasteiger partial charge in [-0.15, -0.1) is 0 Å². The van der Waals surface area contributed by atoms with Gasteiger partial charge in [0.2, 0.25) is 5.96 Å². The van der Waals surface area contributed by atoms with Gasteiger partial charge >= 0.3 is 0 Å². The van der Waals surface area contributed by atoms with Gasteiger partial charge in [0.25, 0.3) is 0 Å². The maximum atomic E-state index is 10.8. The van der Waals surface area contributed by atoms with E-state index < -0.39 is 10.8 Å². The minimum Gasteiger partial charge on any atom is -0.353 e. The first-order valence-electron chi connectivity index (χ1n) is 5.80. The number of nitrogens with zero attached hydrogens (tertiary/aromatic N) is 1. The van der Waals surface area contributed by atoms with Gasteiger partial charge in [0, 0.05) is 35.4 Å². The Balaban J connectivity index is 2.23. The first-order valence-corrected chi connectivity index (χ1v) is 7.52. The lowest BCUT2D eigenvalue weighted by Crippen LogP contribution is -2.45. The molecule has 94 valence electrons. The molecule has 0 aromatic rings. The Hall–Kier alpha value is -0.620. The van der Waals surface area contributed by atoms with Gasteiger partial charge in [0.15, 0.2) is 0 Å². The highest BCUT2D eigenvalue weighted by atomic mass is 32.2. The van der Waals surface area contributed by atoms with Crippen LogP contribution in [0.25, 0.3) is 0 Å². The molecule has 1 saturated carbocycles. The Kier molecular flexibility index (Phi) is 6.40. The molecule has 1 aliphatic rings. The Morgan fingerprint density at radius 1 is 1.50 bits per heavy atom. The van der Waals surface area contributed by atoms with Crippen molar-refractivity contribution in [2.45, 2.75) is 38.1 Å². The number of aliphatic imine (C=N–C) groups is 1. The number of hydrazine groups is 1. The summed E-state index contributed by atoms with van der Waals surface area (Å²) in [5.74, 6) is 6.75. The molecular weight excluding hydrogens is 224 g/mol. The number of nitrogens with one attached hydrogen (secondary N) is 2. The monoisotopic (exact) mass is 246 g/mol. The second kappa shape index (κ2) is 7.62. The van der Waals surface area contributed by atoms with E-state index in [1.165, 1.54) is 25.7 Å². The summed E-state index contributed by atoms with van der Waals surface area (Å²) in [6.07, 6.45) is 7.50. The highest BCUT2D eigenvalue weighted by Gasteiger charge is 2.15. The van der Waals surface area contributed by atoms with Crippen molar-refractivity contribution >= 4 is 16.8 Å². The highest BCUT2D eigenvalue weighted by Crippen LogP contribution is 2.17. The van der Waals surface area contributed by atoms with Crippen LogP contribution in [0.1, 0.15) is 32.1 Å². The van der Waals surface area contributed by atoms with Gasteiger partial charge in [0.1, 0.15) is 0 Å². The van der Waals surface area contributed by atoms with E-state index in [9.17, 15) is 4.21 Å². The summed E-state index contributed by atoms with van der Waals surface area (Å²) in [6.45, 7) is 0.666. The van der Waals surface area contributed by atoms with Crippen LogP contribution >= 0.6 is 0 Å². The first-order chi connectivity index (χ1) is 7.72. The molecule has 16 heavy (non-hydrogen) atoms. The van der Waals surface area contributed by atoms with Gasteiger partial charge in [-0.3, -0.25) is 14.6 Å². The van der Waals surface area contributed by atoms with Gasteiger partial charge in [0.05, 0.1) is 0 Å². The molecule has 0 bridgehead atoms. The number of hydrogen-bond acceptors (Lipinski definition) is 3. The third kappa shape index (κ3) is 5.46. The van der Waals surface area contributed by atoms with Crippen LogP contribution in [0.15, 0.2) is 4.99 Å². The summed E-state index contributed by atoms with van der Waals surface area (Å²) < 4.78 is 10.8. The minimum atomic E-state index is -0.728. The molecule has 6 heteroatoms. The summed E-state index contributed by atoms with van der Waals surface area (Å²) in [5, 5.41) is 3.29. The van der Waals surface area contributed by atoms with E-state index in [4.69, 9.17) is 5.84 Å². The molecule has 5 nitrogen and oxygen atoms in total. The van der Waals surface area contributed by atoms with Crippen LogP contribution in [-0.2, 0) is 10.8 Å². The third-order valence-corrected chi connectivity index (χ3v) is 3.56. The van der Waals surface area contributed by atoms with Gasteiger partial charge in [-0.2, -0.15) is 0 Å². The molecule has 0 aromatic carbocycles. The fourth-order valence-electron chi connectivity index (χ4n) is 1.86. The fourth-order valence-corrected chi connectivity index (χ4v) is 2.39. The second-order valence-corrected chi connectivity index (χ2v) is 5.69. The second-order valence-electron chi connectivity index (χ2n) is 4.13. The molecule has 0 spiro atoms. The molecule has 0 saturated heterocycles. The largest absolute Gasteiger partial charge is 0.353 e. The molecule has 1 fully saturated rings. The summed E-state index contributed by atoms with van der Waals surface area (Å²) in [7, 11) is -0.728. The molecule has 0 radical (unpaired) electrons. The topological polar surface area (TPSA) is 79.5 Å². The smallest absolute Gasteiger partial charge is 0.205 e. The van der Waals surface area contributed by atoms with Crippen LogP contribution in [0.2, 0.25) is 0 Å². The van der Waals surface area contributed by atoms with Crippen molar-refractivity contribution in [2.24, 2.45) is 10.8 Å². The Morgan fingerprint density at radius 3 is 2.75 bits per heavy atom. The van der Waals surface area contributed by atoms with Gasteiger partial charge in [-0.1, -0.05) is 12.8 Å². The maximum Gasteiger partial charge on any atom is 0.205 e. The van der Waals surface area contributed by atoms with Gasteiger partial charge in [-0.25, -0.2) is 5.84 Å². The van der Waals surface area contributed by atoms with Crippen LogP contribution in [0, 0.1) is 0 Å².